The molecule has 0 radical (unpaired) electrons. The molecular weight excluding hydrogens is 252 g/mol. The van der Waals surface area contributed by atoms with Crippen LogP contribution in [0.25, 0.3) is 0 Å². The van der Waals surface area contributed by atoms with E-state index in [2.05, 4.69) is 12.1 Å². The van der Waals surface area contributed by atoms with Crippen molar-refractivity contribution in [2.45, 2.75) is 18.6 Å². The number of methoxy groups -OCH3 is 1. The molecule has 1 aliphatic rings. The van der Waals surface area contributed by atoms with Crippen molar-refractivity contribution in [1.29, 1.82) is 0 Å². The van der Waals surface area contributed by atoms with Crippen molar-refractivity contribution in [2.24, 2.45) is 0 Å². The van der Waals surface area contributed by atoms with Crippen molar-refractivity contribution in [1.82, 2.24) is 0 Å². The molecule has 20 heavy (non-hydrogen) atoms. The lowest BCUT2D eigenvalue weighted by molar-refractivity contribution is -0.0880. The van der Waals surface area contributed by atoms with E-state index >= 15 is 0 Å². The SMILES string of the molecule is CO[C@H]1C[C@H](c2ccc(Oc3ccccc3)cc2)CO1. The van der Waals surface area contributed by atoms with Gasteiger partial charge in [0, 0.05) is 19.4 Å². The third-order valence-electron chi connectivity index (χ3n) is 3.55. The predicted octanol–water partition coefficient (Wildman–Crippen LogP) is 3.96. The molecular formula is C17H18O3. The topological polar surface area (TPSA) is 27.7 Å². The van der Waals surface area contributed by atoms with Gasteiger partial charge in [-0.2, -0.15) is 0 Å². The predicted molar refractivity (Wildman–Crippen MR) is 77.1 cm³/mol. The first kappa shape index (κ1) is 13.2. The van der Waals surface area contributed by atoms with Crippen LogP contribution in [0.5, 0.6) is 11.5 Å². The molecule has 0 saturated carbocycles. The molecule has 0 amide bonds. The molecule has 2 aromatic rings. The first-order chi connectivity index (χ1) is 9.85. The molecule has 2 atom stereocenters. The van der Waals surface area contributed by atoms with Crippen molar-refractivity contribution in [3.05, 3.63) is 60.2 Å². The number of para-hydroxylation sites is 1. The second-order valence-electron chi connectivity index (χ2n) is 4.92. The van der Waals surface area contributed by atoms with Gasteiger partial charge in [0.1, 0.15) is 11.5 Å². The summed E-state index contributed by atoms with van der Waals surface area (Å²) in [5, 5.41) is 0. The molecule has 1 fully saturated rings. The van der Waals surface area contributed by atoms with Crippen LogP contribution in [-0.4, -0.2) is 20.0 Å². The zero-order valence-electron chi connectivity index (χ0n) is 11.5. The monoisotopic (exact) mass is 270 g/mol. The second kappa shape index (κ2) is 6.07. The van der Waals surface area contributed by atoms with E-state index in [4.69, 9.17) is 14.2 Å². The zero-order chi connectivity index (χ0) is 13.8. The third-order valence-corrected chi connectivity index (χ3v) is 3.55. The fourth-order valence-corrected chi connectivity index (χ4v) is 2.42. The van der Waals surface area contributed by atoms with Gasteiger partial charge in [-0.1, -0.05) is 30.3 Å². The maximum absolute atomic E-state index is 5.78. The summed E-state index contributed by atoms with van der Waals surface area (Å²) >= 11 is 0. The summed E-state index contributed by atoms with van der Waals surface area (Å²) in [6.07, 6.45) is 0.843. The molecule has 0 aromatic heterocycles. The lowest BCUT2D eigenvalue weighted by Crippen LogP contribution is -2.06. The zero-order valence-corrected chi connectivity index (χ0v) is 11.5. The highest BCUT2D eigenvalue weighted by Crippen LogP contribution is 2.31. The standard InChI is InChI=1S/C17H18O3/c1-18-17-11-14(12-19-17)13-7-9-16(10-8-13)20-15-5-3-2-4-6-15/h2-10,14,17H,11-12H2,1H3/t14-,17+/m0/s1. The molecule has 0 bridgehead atoms. The Labute approximate surface area is 119 Å². The molecule has 3 rings (SSSR count). The minimum Gasteiger partial charge on any atom is -0.457 e. The molecule has 1 aliphatic heterocycles. The van der Waals surface area contributed by atoms with Crippen molar-refractivity contribution >= 4 is 0 Å². The Morgan fingerprint density at radius 2 is 1.65 bits per heavy atom. The summed E-state index contributed by atoms with van der Waals surface area (Å²) in [5.74, 6) is 2.11. The van der Waals surface area contributed by atoms with E-state index in [0.29, 0.717) is 5.92 Å². The molecule has 3 heteroatoms. The van der Waals surface area contributed by atoms with Gasteiger partial charge in [0.15, 0.2) is 6.29 Å². The minimum atomic E-state index is -0.0692. The molecule has 0 unspecified atom stereocenters. The van der Waals surface area contributed by atoms with Crippen LogP contribution in [-0.2, 0) is 9.47 Å². The van der Waals surface area contributed by atoms with Crippen LogP contribution in [0.15, 0.2) is 54.6 Å². The number of benzene rings is 2. The normalized spacial score (nSPS) is 21.9. The van der Waals surface area contributed by atoms with E-state index in [1.807, 2.05) is 42.5 Å². The molecule has 0 N–H and O–H groups in total. The highest BCUT2D eigenvalue weighted by Gasteiger charge is 2.26. The summed E-state index contributed by atoms with van der Waals surface area (Å²) < 4.78 is 16.5. The molecule has 0 spiro atoms. The average Bonchev–Trinajstić information content (AvgIpc) is 2.98. The van der Waals surface area contributed by atoms with Gasteiger partial charge in [0.2, 0.25) is 0 Å². The summed E-state index contributed by atoms with van der Waals surface area (Å²) in [5.41, 5.74) is 1.27. The van der Waals surface area contributed by atoms with Crippen molar-refractivity contribution in [3.8, 4) is 11.5 Å². The first-order valence-corrected chi connectivity index (χ1v) is 6.82. The Morgan fingerprint density at radius 3 is 2.30 bits per heavy atom. The fraction of sp³-hybridized carbons (Fsp3) is 0.294. The van der Waals surface area contributed by atoms with Crippen LogP contribution in [0.4, 0.5) is 0 Å². The van der Waals surface area contributed by atoms with Crippen LogP contribution >= 0.6 is 0 Å². The van der Waals surface area contributed by atoms with Crippen LogP contribution in [0.1, 0.15) is 17.9 Å². The molecule has 1 heterocycles. The summed E-state index contributed by atoms with van der Waals surface area (Å²) in [6, 6.07) is 18.0. The summed E-state index contributed by atoms with van der Waals surface area (Å²) in [7, 11) is 1.68. The smallest absolute Gasteiger partial charge is 0.157 e. The molecule has 0 aliphatic carbocycles. The Hall–Kier alpha value is -1.84. The van der Waals surface area contributed by atoms with Crippen LogP contribution in [0, 0.1) is 0 Å². The maximum atomic E-state index is 5.78. The quantitative estimate of drug-likeness (QED) is 0.841. The summed E-state index contributed by atoms with van der Waals surface area (Å²) in [6.45, 7) is 0.720. The second-order valence-corrected chi connectivity index (χ2v) is 4.92. The highest BCUT2D eigenvalue weighted by molar-refractivity contribution is 5.34. The van der Waals surface area contributed by atoms with Crippen LogP contribution in [0.2, 0.25) is 0 Å². The molecule has 1 saturated heterocycles. The van der Waals surface area contributed by atoms with Gasteiger partial charge < -0.3 is 14.2 Å². The van der Waals surface area contributed by atoms with Crippen molar-refractivity contribution < 1.29 is 14.2 Å². The van der Waals surface area contributed by atoms with Gasteiger partial charge in [-0.3, -0.25) is 0 Å². The Kier molecular flexibility index (Phi) is 4.00. The van der Waals surface area contributed by atoms with Gasteiger partial charge in [-0.15, -0.1) is 0 Å². The third kappa shape index (κ3) is 3.00. The van der Waals surface area contributed by atoms with Crippen LogP contribution < -0.4 is 4.74 Å². The number of hydrogen-bond acceptors (Lipinski definition) is 3. The average molecular weight is 270 g/mol. The Balaban J connectivity index is 1.66. The van der Waals surface area contributed by atoms with Gasteiger partial charge in [0.25, 0.3) is 0 Å². The van der Waals surface area contributed by atoms with Gasteiger partial charge >= 0.3 is 0 Å². The number of rotatable bonds is 4. The van der Waals surface area contributed by atoms with E-state index in [1.165, 1.54) is 5.56 Å². The lowest BCUT2D eigenvalue weighted by atomic mass is 9.98. The van der Waals surface area contributed by atoms with E-state index < -0.39 is 0 Å². The van der Waals surface area contributed by atoms with Gasteiger partial charge in [0.05, 0.1) is 6.61 Å². The van der Waals surface area contributed by atoms with E-state index in [0.717, 1.165) is 24.5 Å². The molecule has 2 aromatic carbocycles. The van der Waals surface area contributed by atoms with E-state index in [1.54, 1.807) is 7.11 Å². The van der Waals surface area contributed by atoms with Crippen LogP contribution in [0.3, 0.4) is 0 Å². The molecule has 104 valence electrons. The fourth-order valence-electron chi connectivity index (χ4n) is 2.42. The Morgan fingerprint density at radius 1 is 0.950 bits per heavy atom. The highest BCUT2D eigenvalue weighted by atomic mass is 16.7. The van der Waals surface area contributed by atoms with E-state index in [9.17, 15) is 0 Å². The number of ether oxygens (including phenoxy) is 3. The summed E-state index contributed by atoms with van der Waals surface area (Å²) in [4.78, 5) is 0. The van der Waals surface area contributed by atoms with Crippen molar-refractivity contribution in [2.75, 3.05) is 13.7 Å². The van der Waals surface area contributed by atoms with Gasteiger partial charge in [-0.25, -0.2) is 0 Å². The first-order valence-electron chi connectivity index (χ1n) is 6.82. The maximum Gasteiger partial charge on any atom is 0.157 e. The van der Waals surface area contributed by atoms with E-state index in [-0.39, 0.29) is 6.29 Å². The van der Waals surface area contributed by atoms with Gasteiger partial charge in [-0.05, 0) is 29.8 Å². The molecule has 3 nitrogen and oxygen atoms in total. The van der Waals surface area contributed by atoms with Crippen molar-refractivity contribution in [3.63, 3.8) is 0 Å². The largest absolute Gasteiger partial charge is 0.457 e. The number of hydrogen-bond donors (Lipinski definition) is 0. The minimum absolute atomic E-state index is 0.0692. The lowest BCUT2D eigenvalue weighted by Gasteiger charge is -2.10. The Bertz CT molecular complexity index is 536.